The maximum Gasteiger partial charge on any atom is 0.147 e. The first-order chi connectivity index (χ1) is 9.09. The van der Waals surface area contributed by atoms with Crippen LogP contribution >= 0.6 is 0 Å². The summed E-state index contributed by atoms with van der Waals surface area (Å²) in [4.78, 5) is 4.01. The molecule has 0 fully saturated rings. The second-order valence-corrected chi connectivity index (χ2v) is 4.96. The van der Waals surface area contributed by atoms with Crippen LogP contribution in [0, 0.1) is 0 Å². The Morgan fingerprint density at radius 1 is 1.32 bits per heavy atom. The first-order valence-electron chi connectivity index (χ1n) is 6.54. The third kappa shape index (κ3) is 3.05. The summed E-state index contributed by atoms with van der Waals surface area (Å²) in [7, 11) is 1.91. The van der Waals surface area contributed by atoms with Crippen LogP contribution in [0.5, 0.6) is 0 Å². The van der Waals surface area contributed by atoms with Gasteiger partial charge in [0.2, 0.25) is 0 Å². The van der Waals surface area contributed by atoms with Crippen LogP contribution in [0.25, 0.3) is 0 Å². The highest BCUT2D eigenvalue weighted by molar-refractivity contribution is 5.65. The van der Waals surface area contributed by atoms with E-state index in [0.29, 0.717) is 5.92 Å². The van der Waals surface area contributed by atoms with Crippen LogP contribution in [0.1, 0.15) is 31.0 Å². The van der Waals surface area contributed by atoms with E-state index in [1.807, 2.05) is 36.3 Å². The Kier molecular flexibility index (Phi) is 4.04. The maximum absolute atomic E-state index is 6.13. The molecule has 0 atom stereocenters. The molecule has 0 aromatic carbocycles. The van der Waals surface area contributed by atoms with Crippen molar-refractivity contribution in [1.82, 2.24) is 14.8 Å². The van der Waals surface area contributed by atoms with Gasteiger partial charge in [-0.05, 0) is 30.0 Å². The highest BCUT2D eigenvalue weighted by atomic mass is 15.3. The van der Waals surface area contributed by atoms with Gasteiger partial charge in [0.25, 0.3) is 0 Å². The van der Waals surface area contributed by atoms with Crippen molar-refractivity contribution in [3.05, 3.63) is 35.8 Å². The van der Waals surface area contributed by atoms with Gasteiger partial charge in [-0.15, -0.1) is 0 Å². The average Bonchev–Trinajstić information content (AvgIpc) is 2.68. The monoisotopic (exact) mass is 259 g/mol. The summed E-state index contributed by atoms with van der Waals surface area (Å²) in [6.07, 6.45) is 4.55. The normalized spacial score (nSPS) is 10.9. The minimum atomic E-state index is 0.335. The van der Waals surface area contributed by atoms with Gasteiger partial charge >= 0.3 is 0 Å². The van der Waals surface area contributed by atoms with E-state index in [4.69, 9.17) is 5.73 Å². The van der Waals surface area contributed by atoms with Gasteiger partial charge in [-0.25, -0.2) is 0 Å². The predicted molar refractivity (Wildman–Crippen MR) is 78.1 cm³/mol. The molecule has 19 heavy (non-hydrogen) atoms. The van der Waals surface area contributed by atoms with E-state index < -0.39 is 0 Å². The molecule has 0 saturated carbocycles. The van der Waals surface area contributed by atoms with Crippen molar-refractivity contribution in [2.45, 2.75) is 26.2 Å². The number of rotatable bonds is 5. The van der Waals surface area contributed by atoms with Crippen molar-refractivity contribution in [2.75, 3.05) is 17.6 Å². The average molecular weight is 259 g/mol. The second-order valence-electron chi connectivity index (χ2n) is 4.96. The molecule has 0 saturated heterocycles. The predicted octanol–water partition coefficient (Wildman–Crippen LogP) is 2.18. The lowest BCUT2D eigenvalue weighted by Crippen LogP contribution is -2.10. The van der Waals surface area contributed by atoms with Gasteiger partial charge in [0.1, 0.15) is 5.82 Å². The Morgan fingerprint density at radius 3 is 2.58 bits per heavy atom. The molecule has 0 bridgehead atoms. The topological polar surface area (TPSA) is 68.8 Å². The molecule has 2 rings (SSSR count). The molecule has 2 aromatic rings. The van der Waals surface area contributed by atoms with E-state index in [1.165, 1.54) is 5.56 Å². The fourth-order valence-electron chi connectivity index (χ4n) is 2.07. The number of anilines is 2. The third-order valence-corrected chi connectivity index (χ3v) is 3.11. The molecule has 0 aliphatic carbocycles. The number of aryl methyl sites for hydroxylation is 1. The fraction of sp³-hybridized carbons (Fsp3) is 0.429. The fourth-order valence-corrected chi connectivity index (χ4v) is 2.07. The molecule has 5 nitrogen and oxygen atoms in total. The van der Waals surface area contributed by atoms with Crippen LogP contribution in [-0.2, 0) is 13.5 Å². The van der Waals surface area contributed by atoms with Crippen molar-refractivity contribution >= 4 is 11.5 Å². The third-order valence-electron chi connectivity index (χ3n) is 3.11. The number of pyridine rings is 1. The van der Waals surface area contributed by atoms with Crippen molar-refractivity contribution in [3.8, 4) is 0 Å². The van der Waals surface area contributed by atoms with E-state index in [-0.39, 0.29) is 0 Å². The summed E-state index contributed by atoms with van der Waals surface area (Å²) < 4.78 is 1.82. The SMILES string of the molecule is CC(C)c1nn(C)c(NCCc2ccncc2)c1N. The number of hydrogen-bond acceptors (Lipinski definition) is 4. The van der Waals surface area contributed by atoms with Gasteiger partial charge in [-0.3, -0.25) is 9.67 Å². The van der Waals surface area contributed by atoms with E-state index in [9.17, 15) is 0 Å². The maximum atomic E-state index is 6.13. The number of aromatic nitrogens is 3. The van der Waals surface area contributed by atoms with Gasteiger partial charge in [0.15, 0.2) is 0 Å². The lowest BCUT2D eigenvalue weighted by Gasteiger charge is -2.08. The second kappa shape index (κ2) is 5.73. The zero-order valence-corrected chi connectivity index (χ0v) is 11.7. The molecule has 3 N–H and O–H groups in total. The first kappa shape index (κ1) is 13.4. The Hall–Kier alpha value is -2.04. The summed E-state index contributed by atoms with van der Waals surface area (Å²) in [6, 6.07) is 4.04. The van der Waals surface area contributed by atoms with Crippen LogP contribution in [0.2, 0.25) is 0 Å². The Balaban J connectivity index is 2.00. The summed E-state index contributed by atoms with van der Waals surface area (Å²) in [5.74, 6) is 1.24. The molecule has 102 valence electrons. The summed E-state index contributed by atoms with van der Waals surface area (Å²) >= 11 is 0. The number of nitrogens with zero attached hydrogens (tertiary/aromatic N) is 3. The molecular weight excluding hydrogens is 238 g/mol. The van der Waals surface area contributed by atoms with Crippen LogP contribution < -0.4 is 11.1 Å². The summed E-state index contributed by atoms with van der Waals surface area (Å²) in [5, 5.41) is 7.81. The van der Waals surface area contributed by atoms with Crippen LogP contribution in [-0.4, -0.2) is 21.3 Å². The number of hydrogen-bond donors (Lipinski definition) is 2. The largest absolute Gasteiger partial charge is 0.394 e. The quantitative estimate of drug-likeness (QED) is 0.863. The van der Waals surface area contributed by atoms with Gasteiger partial charge in [-0.1, -0.05) is 13.8 Å². The highest BCUT2D eigenvalue weighted by Crippen LogP contribution is 2.27. The van der Waals surface area contributed by atoms with Crippen molar-refractivity contribution in [1.29, 1.82) is 0 Å². The highest BCUT2D eigenvalue weighted by Gasteiger charge is 2.15. The van der Waals surface area contributed by atoms with Crippen LogP contribution in [0.15, 0.2) is 24.5 Å². The van der Waals surface area contributed by atoms with Crippen molar-refractivity contribution in [3.63, 3.8) is 0 Å². The molecule has 0 unspecified atom stereocenters. The van der Waals surface area contributed by atoms with E-state index in [2.05, 4.69) is 29.2 Å². The van der Waals surface area contributed by atoms with Crippen molar-refractivity contribution in [2.24, 2.45) is 7.05 Å². The zero-order chi connectivity index (χ0) is 13.8. The Bertz CT molecular complexity index is 530. The Labute approximate surface area is 113 Å². The van der Waals surface area contributed by atoms with Crippen molar-refractivity contribution < 1.29 is 0 Å². The number of nitrogens with two attached hydrogens (primary N) is 1. The molecule has 2 heterocycles. The smallest absolute Gasteiger partial charge is 0.147 e. The van der Waals surface area contributed by atoms with E-state index >= 15 is 0 Å². The number of nitrogens with one attached hydrogen (secondary N) is 1. The molecule has 2 aromatic heterocycles. The standard InChI is InChI=1S/C14H21N5/c1-10(2)13-12(15)14(19(3)18-13)17-9-6-11-4-7-16-8-5-11/h4-5,7-8,10,17H,6,9,15H2,1-3H3. The first-order valence-corrected chi connectivity index (χ1v) is 6.54. The number of nitrogen functional groups attached to an aromatic ring is 1. The van der Waals surface area contributed by atoms with Gasteiger partial charge in [0, 0.05) is 26.0 Å². The minimum absolute atomic E-state index is 0.335. The molecule has 0 aliphatic rings. The molecule has 0 amide bonds. The van der Waals surface area contributed by atoms with E-state index in [1.54, 1.807) is 0 Å². The summed E-state index contributed by atoms with van der Waals surface area (Å²) in [5.41, 5.74) is 9.09. The van der Waals surface area contributed by atoms with Gasteiger partial charge < -0.3 is 11.1 Å². The lowest BCUT2D eigenvalue weighted by atomic mass is 10.1. The summed E-state index contributed by atoms with van der Waals surface area (Å²) in [6.45, 7) is 5.02. The lowest BCUT2D eigenvalue weighted by molar-refractivity contribution is 0.714. The molecule has 0 spiro atoms. The molecule has 0 aliphatic heterocycles. The molecular formula is C14H21N5. The van der Waals surface area contributed by atoms with Gasteiger partial charge in [-0.2, -0.15) is 5.10 Å². The van der Waals surface area contributed by atoms with Crippen LogP contribution in [0.3, 0.4) is 0 Å². The van der Waals surface area contributed by atoms with Crippen LogP contribution in [0.4, 0.5) is 11.5 Å². The molecule has 0 radical (unpaired) electrons. The molecule has 5 heteroatoms. The minimum Gasteiger partial charge on any atom is -0.394 e. The Morgan fingerprint density at radius 2 is 2.00 bits per heavy atom. The van der Waals surface area contributed by atoms with Gasteiger partial charge in [0.05, 0.1) is 11.4 Å². The zero-order valence-electron chi connectivity index (χ0n) is 11.7. The van der Waals surface area contributed by atoms with E-state index in [0.717, 1.165) is 30.2 Å².